The van der Waals surface area contributed by atoms with Crippen LogP contribution in [0.2, 0.25) is 0 Å². The quantitative estimate of drug-likeness (QED) is 0.848. The van der Waals surface area contributed by atoms with E-state index < -0.39 is 5.60 Å². The highest BCUT2D eigenvalue weighted by Gasteiger charge is 2.35. The lowest BCUT2D eigenvalue weighted by Crippen LogP contribution is -2.57. The molecule has 6 heteroatoms. The minimum absolute atomic E-state index is 0.0160. The molecule has 0 radical (unpaired) electrons. The summed E-state index contributed by atoms with van der Waals surface area (Å²) in [4.78, 5) is 17.4. The highest BCUT2D eigenvalue weighted by Crippen LogP contribution is 2.21. The van der Waals surface area contributed by atoms with Gasteiger partial charge in [-0.3, -0.25) is 0 Å². The summed E-state index contributed by atoms with van der Waals surface area (Å²) >= 11 is 0. The zero-order valence-corrected chi connectivity index (χ0v) is 12.3. The number of rotatable bonds is 3. The number of methoxy groups -OCH3 is 1. The zero-order valence-electron chi connectivity index (χ0n) is 12.3. The summed E-state index contributed by atoms with van der Waals surface area (Å²) in [7, 11) is 1.56. The largest absolute Gasteiger partial charge is 0.485 e. The van der Waals surface area contributed by atoms with E-state index in [4.69, 9.17) is 14.2 Å². The van der Waals surface area contributed by atoms with Crippen molar-refractivity contribution >= 4 is 6.09 Å². The van der Waals surface area contributed by atoms with Crippen molar-refractivity contribution in [3.63, 3.8) is 0 Å². The van der Waals surface area contributed by atoms with Crippen molar-refractivity contribution in [2.75, 3.05) is 20.2 Å². The van der Waals surface area contributed by atoms with Crippen LogP contribution in [0.1, 0.15) is 20.8 Å². The molecule has 1 amide bonds. The van der Waals surface area contributed by atoms with E-state index in [-0.39, 0.29) is 12.2 Å². The summed E-state index contributed by atoms with van der Waals surface area (Å²) < 4.78 is 15.9. The molecule has 0 bridgehead atoms. The molecule has 0 spiro atoms. The molecule has 0 aromatic carbocycles. The van der Waals surface area contributed by atoms with E-state index in [2.05, 4.69) is 4.98 Å². The summed E-state index contributed by atoms with van der Waals surface area (Å²) in [5.74, 6) is 1.21. The van der Waals surface area contributed by atoms with E-state index in [0.717, 1.165) is 0 Å². The molecule has 1 saturated heterocycles. The fourth-order valence-corrected chi connectivity index (χ4v) is 1.74. The van der Waals surface area contributed by atoms with Gasteiger partial charge in [0.15, 0.2) is 0 Å². The Morgan fingerprint density at radius 2 is 2.05 bits per heavy atom. The van der Waals surface area contributed by atoms with Crippen molar-refractivity contribution in [1.82, 2.24) is 9.88 Å². The van der Waals surface area contributed by atoms with Gasteiger partial charge in [-0.2, -0.15) is 0 Å². The molecule has 1 fully saturated rings. The Hall–Kier alpha value is -1.98. The molecule has 1 aromatic heterocycles. The van der Waals surface area contributed by atoms with Crippen molar-refractivity contribution in [3.8, 4) is 11.6 Å². The maximum Gasteiger partial charge on any atom is 0.410 e. The molecule has 0 unspecified atom stereocenters. The third-order valence-corrected chi connectivity index (χ3v) is 2.72. The Morgan fingerprint density at radius 3 is 2.55 bits per heavy atom. The van der Waals surface area contributed by atoms with E-state index >= 15 is 0 Å². The summed E-state index contributed by atoms with van der Waals surface area (Å²) in [6.07, 6.45) is 1.29. The van der Waals surface area contributed by atoms with Gasteiger partial charge in [-0.1, -0.05) is 0 Å². The number of likely N-dealkylation sites (tertiary alicyclic amines) is 1. The first-order chi connectivity index (χ1) is 9.37. The van der Waals surface area contributed by atoms with Gasteiger partial charge in [0, 0.05) is 6.07 Å². The number of hydrogen-bond donors (Lipinski definition) is 0. The Balaban J connectivity index is 1.77. The lowest BCUT2D eigenvalue weighted by Gasteiger charge is -2.39. The Labute approximate surface area is 118 Å². The molecular weight excluding hydrogens is 260 g/mol. The molecule has 2 rings (SSSR count). The number of carbonyl (C=O) groups excluding carboxylic acids is 1. The molecule has 1 aromatic rings. The van der Waals surface area contributed by atoms with Gasteiger partial charge in [0.2, 0.25) is 5.88 Å². The highest BCUT2D eigenvalue weighted by atomic mass is 16.6. The zero-order chi connectivity index (χ0) is 14.8. The van der Waals surface area contributed by atoms with Crippen molar-refractivity contribution in [2.24, 2.45) is 0 Å². The number of nitrogens with zero attached hydrogens (tertiary/aromatic N) is 2. The van der Waals surface area contributed by atoms with Crippen molar-refractivity contribution in [1.29, 1.82) is 0 Å². The van der Waals surface area contributed by atoms with Crippen molar-refractivity contribution in [3.05, 3.63) is 18.3 Å². The van der Waals surface area contributed by atoms with Crippen LogP contribution < -0.4 is 9.47 Å². The second-order valence-corrected chi connectivity index (χ2v) is 5.66. The van der Waals surface area contributed by atoms with Gasteiger partial charge in [-0.25, -0.2) is 9.78 Å². The fraction of sp³-hybridized carbons (Fsp3) is 0.571. The van der Waals surface area contributed by atoms with Crippen LogP contribution in [0.4, 0.5) is 4.79 Å². The van der Waals surface area contributed by atoms with Gasteiger partial charge in [0.05, 0.1) is 26.4 Å². The maximum absolute atomic E-state index is 11.7. The molecule has 6 nitrogen and oxygen atoms in total. The third kappa shape index (κ3) is 3.76. The number of pyridine rings is 1. The Bertz CT molecular complexity index is 461. The normalized spacial score (nSPS) is 15.5. The summed E-state index contributed by atoms with van der Waals surface area (Å²) in [5, 5.41) is 0. The lowest BCUT2D eigenvalue weighted by molar-refractivity contribution is -0.0222. The average molecular weight is 280 g/mol. The molecule has 2 heterocycles. The molecular formula is C14H20N2O4. The number of ether oxygens (including phenoxy) is 3. The number of carbonyl (C=O) groups is 1. The summed E-state index contributed by atoms with van der Waals surface area (Å²) in [6, 6.07) is 3.53. The smallest absolute Gasteiger partial charge is 0.410 e. The molecule has 0 saturated carbocycles. The van der Waals surface area contributed by atoms with Crippen LogP contribution in [-0.2, 0) is 4.74 Å². The molecule has 110 valence electrons. The van der Waals surface area contributed by atoms with Gasteiger partial charge in [-0.15, -0.1) is 0 Å². The number of hydrogen-bond acceptors (Lipinski definition) is 5. The molecule has 1 aliphatic heterocycles. The number of aromatic nitrogens is 1. The minimum Gasteiger partial charge on any atom is -0.485 e. The molecule has 0 N–H and O–H groups in total. The van der Waals surface area contributed by atoms with E-state index in [1.54, 1.807) is 30.3 Å². The van der Waals surface area contributed by atoms with Gasteiger partial charge in [0.25, 0.3) is 0 Å². The predicted molar refractivity (Wildman–Crippen MR) is 73.0 cm³/mol. The van der Waals surface area contributed by atoms with E-state index in [1.807, 2.05) is 20.8 Å². The second kappa shape index (κ2) is 5.56. The van der Waals surface area contributed by atoms with Gasteiger partial charge in [0.1, 0.15) is 17.5 Å². The first-order valence-electron chi connectivity index (χ1n) is 6.52. The molecule has 0 atom stereocenters. The topological polar surface area (TPSA) is 60.9 Å². The van der Waals surface area contributed by atoms with Crippen molar-refractivity contribution in [2.45, 2.75) is 32.5 Å². The van der Waals surface area contributed by atoms with Crippen LogP contribution in [0.15, 0.2) is 18.3 Å². The van der Waals surface area contributed by atoms with E-state index in [9.17, 15) is 4.79 Å². The van der Waals surface area contributed by atoms with Gasteiger partial charge >= 0.3 is 6.09 Å². The highest BCUT2D eigenvalue weighted by molar-refractivity contribution is 5.69. The standard InChI is InChI=1S/C14H20N2O4/c1-14(2,3)20-13(17)16-8-11(9-16)19-10-5-6-12(18-4)15-7-10/h5-7,11H,8-9H2,1-4H3. The van der Waals surface area contributed by atoms with E-state index in [1.165, 1.54) is 0 Å². The van der Waals surface area contributed by atoms with Crippen LogP contribution in [0, 0.1) is 0 Å². The Morgan fingerprint density at radius 1 is 1.35 bits per heavy atom. The van der Waals surface area contributed by atoms with Crippen LogP contribution in [0.25, 0.3) is 0 Å². The van der Waals surface area contributed by atoms with Crippen LogP contribution in [-0.4, -0.2) is 47.9 Å². The summed E-state index contributed by atoms with van der Waals surface area (Å²) in [5.41, 5.74) is -0.469. The SMILES string of the molecule is COc1ccc(OC2CN(C(=O)OC(C)(C)C)C2)cn1. The Kier molecular flexibility index (Phi) is 4.01. The van der Waals surface area contributed by atoms with Crippen LogP contribution >= 0.6 is 0 Å². The molecule has 1 aliphatic rings. The second-order valence-electron chi connectivity index (χ2n) is 5.66. The lowest BCUT2D eigenvalue weighted by atomic mass is 10.1. The molecule has 20 heavy (non-hydrogen) atoms. The third-order valence-electron chi connectivity index (χ3n) is 2.72. The monoisotopic (exact) mass is 280 g/mol. The van der Waals surface area contributed by atoms with Gasteiger partial charge in [-0.05, 0) is 26.8 Å². The first-order valence-corrected chi connectivity index (χ1v) is 6.52. The first kappa shape index (κ1) is 14.4. The maximum atomic E-state index is 11.7. The predicted octanol–water partition coefficient (Wildman–Crippen LogP) is 2.09. The van der Waals surface area contributed by atoms with Crippen molar-refractivity contribution < 1.29 is 19.0 Å². The average Bonchev–Trinajstić information content (AvgIpc) is 2.31. The summed E-state index contributed by atoms with van der Waals surface area (Å²) in [6.45, 7) is 6.60. The van der Waals surface area contributed by atoms with E-state index in [0.29, 0.717) is 24.7 Å². The fourth-order valence-electron chi connectivity index (χ4n) is 1.74. The van der Waals surface area contributed by atoms with Crippen LogP contribution in [0.5, 0.6) is 11.6 Å². The molecule has 0 aliphatic carbocycles. The number of amides is 1. The minimum atomic E-state index is -0.469. The van der Waals surface area contributed by atoms with Gasteiger partial charge < -0.3 is 19.1 Å². The van der Waals surface area contributed by atoms with Crippen LogP contribution in [0.3, 0.4) is 0 Å².